The van der Waals surface area contributed by atoms with E-state index in [9.17, 15) is 9.59 Å². The van der Waals surface area contributed by atoms with Crippen molar-refractivity contribution in [3.8, 4) is 0 Å². The van der Waals surface area contributed by atoms with E-state index in [4.69, 9.17) is 4.98 Å². The molecule has 0 bridgehead atoms. The number of nitrogens with zero attached hydrogens (tertiary/aromatic N) is 3. The van der Waals surface area contributed by atoms with Crippen molar-refractivity contribution in [2.75, 3.05) is 13.6 Å². The fourth-order valence-electron chi connectivity index (χ4n) is 5.00. The van der Waals surface area contributed by atoms with E-state index in [-0.39, 0.29) is 11.8 Å². The van der Waals surface area contributed by atoms with Crippen molar-refractivity contribution >= 4 is 28.9 Å². The topological polar surface area (TPSA) is 67.2 Å². The molecule has 1 fully saturated rings. The molecule has 1 aromatic heterocycles. The number of carbonyl (C=O) groups excluding carboxylic acids is 2. The molecule has 2 amide bonds. The molecule has 3 aromatic rings. The van der Waals surface area contributed by atoms with Crippen LogP contribution in [0.15, 0.2) is 60.7 Å². The first-order chi connectivity index (χ1) is 17.6. The highest BCUT2D eigenvalue weighted by Crippen LogP contribution is 2.23. The van der Waals surface area contributed by atoms with Crippen LogP contribution >= 0.6 is 0 Å². The molecule has 0 atom stereocenters. The van der Waals surface area contributed by atoms with Gasteiger partial charge in [0, 0.05) is 32.1 Å². The molecule has 1 aliphatic rings. The maximum atomic E-state index is 13.2. The summed E-state index contributed by atoms with van der Waals surface area (Å²) < 4.78 is 2.10. The first kappa shape index (κ1) is 25.7. The van der Waals surface area contributed by atoms with Crippen LogP contribution in [-0.4, -0.2) is 45.9 Å². The van der Waals surface area contributed by atoms with Gasteiger partial charge in [0.05, 0.1) is 11.0 Å². The zero-order valence-electron chi connectivity index (χ0n) is 21.4. The van der Waals surface area contributed by atoms with Crippen LogP contribution in [0.1, 0.15) is 62.8 Å². The molecule has 0 aliphatic heterocycles. The Bertz CT molecular complexity index is 1160. The third-order valence-corrected chi connectivity index (χ3v) is 7.15. The van der Waals surface area contributed by atoms with E-state index in [1.165, 1.54) is 19.3 Å². The molecule has 4 rings (SSSR count). The third kappa shape index (κ3) is 7.06. The number of amides is 2. The average molecular weight is 487 g/mol. The molecule has 0 saturated heterocycles. The van der Waals surface area contributed by atoms with Gasteiger partial charge < -0.3 is 14.8 Å². The molecule has 0 unspecified atom stereocenters. The maximum absolute atomic E-state index is 13.2. The summed E-state index contributed by atoms with van der Waals surface area (Å²) in [5, 5.41) is 2.96. The first-order valence-corrected chi connectivity index (χ1v) is 13.3. The Balaban J connectivity index is 1.26. The summed E-state index contributed by atoms with van der Waals surface area (Å²) in [6.45, 7) is 0.992. The zero-order chi connectivity index (χ0) is 25.2. The van der Waals surface area contributed by atoms with Crippen molar-refractivity contribution in [3.63, 3.8) is 0 Å². The van der Waals surface area contributed by atoms with Gasteiger partial charge in [0.15, 0.2) is 0 Å². The molecule has 1 heterocycles. The van der Waals surface area contributed by atoms with Gasteiger partial charge in [-0.2, -0.15) is 0 Å². The largest absolute Gasteiger partial charge is 0.353 e. The Kier molecular flexibility index (Phi) is 9.31. The number of unbranched alkanes of at least 4 members (excludes halogenated alkanes) is 2. The number of benzene rings is 2. The summed E-state index contributed by atoms with van der Waals surface area (Å²) in [7, 11) is 1.96. The van der Waals surface area contributed by atoms with E-state index in [2.05, 4.69) is 16.0 Å². The molecule has 36 heavy (non-hydrogen) atoms. The molecular weight excluding hydrogens is 448 g/mol. The van der Waals surface area contributed by atoms with Crippen LogP contribution in [-0.2, 0) is 22.6 Å². The van der Waals surface area contributed by atoms with Crippen molar-refractivity contribution in [2.24, 2.45) is 0 Å². The summed E-state index contributed by atoms with van der Waals surface area (Å²) in [6.07, 6.45) is 13.0. The number of para-hydroxylation sites is 2. The smallest absolute Gasteiger partial charge is 0.243 e. The molecule has 1 aliphatic carbocycles. The minimum atomic E-state index is -0.0683. The van der Waals surface area contributed by atoms with Crippen LogP contribution in [0.25, 0.3) is 17.1 Å². The van der Waals surface area contributed by atoms with Crippen LogP contribution in [0.5, 0.6) is 0 Å². The molecule has 6 nitrogen and oxygen atoms in total. The summed E-state index contributed by atoms with van der Waals surface area (Å²) in [6, 6.07) is 18.2. The number of carbonyl (C=O) groups is 2. The number of rotatable bonds is 11. The standard InChI is InChI=1S/C30H38N4O2/c1-33(25-15-7-3-8-16-25)30(36)23-34-27-18-11-10-17-26(27)32-28(34)19-9-4-12-22-31-29(35)21-20-24-13-5-2-6-14-24/h2,5-6,10-11,13-14,17-18,20-21,25H,3-4,7-9,12,15-16,19,22-23H2,1H3,(H,31,35)/b21-20+. The molecule has 190 valence electrons. The fourth-order valence-corrected chi connectivity index (χ4v) is 5.00. The summed E-state index contributed by atoms with van der Waals surface area (Å²) in [5.41, 5.74) is 2.98. The third-order valence-electron chi connectivity index (χ3n) is 7.15. The second kappa shape index (κ2) is 13.1. The van der Waals surface area contributed by atoms with Gasteiger partial charge in [-0.25, -0.2) is 4.98 Å². The van der Waals surface area contributed by atoms with Crippen molar-refractivity contribution in [1.82, 2.24) is 19.8 Å². The second-order valence-corrected chi connectivity index (χ2v) is 9.75. The van der Waals surface area contributed by atoms with Gasteiger partial charge >= 0.3 is 0 Å². The highest BCUT2D eigenvalue weighted by atomic mass is 16.2. The lowest BCUT2D eigenvalue weighted by atomic mass is 9.94. The van der Waals surface area contributed by atoms with E-state index in [0.717, 1.165) is 60.9 Å². The minimum Gasteiger partial charge on any atom is -0.353 e. The van der Waals surface area contributed by atoms with Crippen LogP contribution in [0.4, 0.5) is 0 Å². The average Bonchev–Trinajstić information content (AvgIpc) is 3.27. The highest BCUT2D eigenvalue weighted by molar-refractivity contribution is 5.91. The van der Waals surface area contributed by atoms with Gasteiger partial charge in [-0.1, -0.05) is 68.1 Å². The van der Waals surface area contributed by atoms with Gasteiger partial charge in [-0.05, 0) is 49.5 Å². The Labute approximate surface area is 214 Å². The Morgan fingerprint density at radius 2 is 1.75 bits per heavy atom. The van der Waals surface area contributed by atoms with Crippen molar-refractivity contribution in [2.45, 2.75) is 70.4 Å². The SMILES string of the molecule is CN(C(=O)Cn1c(CCCCCNC(=O)/C=C/c2ccccc2)nc2ccccc21)C1CCCCC1. The predicted molar refractivity (Wildman–Crippen MR) is 145 cm³/mol. The molecule has 1 saturated carbocycles. The van der Waals surface area contributed by atoms with Crippen LogP contribution in [0.3, 0.4) is 0 Å². The van der Waals surface area contributed by atoms with Gasteiger partial charge in [-0.15, -0.1) is 0 Å². The number of aryl methyl sites for hydroxylation is 1. The van der Waals surface area contributed by atoms with Crippen LogP contribution < -0.4 is 5.32 Å². The predicted octanol–water partition coefficient (Wildman–Crippen LogP) is 5.37. The van der Waals surface area contributed by atoms with Crippen molar-refractivity contribution in [1.29, 1.82) is 0 Å². The van der Waals surface area contributed by atoms with Gasteiger partial charge in [-0.3, -0.25) is 9.59 Å². The molecular formula is C30H38N4O2. The number of hydrogen-bond acceptors (Lipinski definition) is 3. The summed E-state index contributed by atoms with van der Waals surface area (Å²) in [4.78, 5) is 32.0. The molecule has 0 spiro atoms. The van der Waals surface area contributed by atoms with E-state index in [0.29, 0.717) is 19.1 Å². The molecule has 1 N–H and O–H groups in total. The van der Waals surface area contributed by atoms with Crippen LogP contribution in [0.2, 0.25) is 0 Å². The number of likely N-dealkylation sites (N-methyl/N-ethyl adjacent to an activating group) is 1. The lowest BCUT2D eigenvalue weighted by molar-refractivity contribution is -0.133. The van der Waals surface area contributed by atoms with E-state index < -0.39 is 0 Å². The van der Waals surface area contributed by atoms with E-state index in [1.807, 2.05) is 66.6 Å². The van der Waals surface area contributed by atoms with Crippen LogP contribution in [0, 0.1) is 0 Å². The Morgan fingerprint density at radius 3 is 2.56 bits per heavy atom. The van der Waals surface area contributed by atoms with Crippen molar-refractivity contribution in [3.05, 3.63) is 72.1 Å². The lowest BCUT2D eigenvalue weighted by Gasteiger charge is -2.31. The van der Waals surface area contributed by atoms with Gasteiger partial charge in [0.25, 0.3) is 0 Å². The Hall–Kier alpha value is -3.41. The van der Waals surface area contributed by atoms with Gasteiger partial charge in [0.1, 0.15) is 12.4 Å². The molecule has 6 heteroatoms. The highest BCUT2D eigenvalue weighted by Gasteiger charge is 2.23. The normalized spacial score (nSPS) is 14.4. The number of hydrogen-bond donors (Lipinski definition) is 1. The monoisotopic (exact) mass is 486 g/mol. The Morgan fingerprint density at radius 1 is 1.00 bits per heavy atom. The lowest BCUT2D eigenvalue weighted by Crippen LogP contribution is -2.40. The van der Waals surface area contributed by atoms with E-state index >= 15 is 0 Å². The molecule has 2 aromatic carbocycles. The first-order valence-electron chi connectivity index (χ1n) is 13.3. The number of imidazole rings is 1. The minimum absolute atomic E-state index is 0.0683. The molecule has 0 radical (unpaired) electrons. The second-order valence-electron chi connectivity index (χ2n) is 9.75. The summed E-state index contributed by atoms with van der Waals surface area (Å²) >= 11 is 0. The maximum Gasteiger partial charge on any atom is 0.243 e. The quantitative estimate of drug-likeness (QED) is 0.293. The number of fused-ring (bicyclic) bond motifs is 1. The number of nitrogens with one attached hydrogen (secondary N) is 1. The zero-order valence-corrected chi connectivity index (χ0v) is 21.4. The number of aromatic nitrogens is 2. The van der Waals surface area contributed by atoms with Gasteiger partial charge in [0.2, 0.25) is 11.8 Å². The summed E-state index contributed by atoms with van der Waals surface area (Å²) in [5.74, 6) is 1.07. The fraction of sp³-hybridized carbons (Fsp3) is 0.433. The van der Waals surface area contributed by atoms with E-state index in [1.54, 1.807) is 6.08 Å². The van der Waals surface area contributed by atoms with Crippen molar-refractivity contribution < 1.29 is 9.59 Å².